The van der Waals surface area contributed by atoms with Crippen molar-refractivity contribution in [3.8, 4) is 0 Å². The van der Waals surface area contributed by atoms with E-state index in [1.54, 1.807) is 12.1 Å². The van der Waals surface area contributed by atoms with Crippen molar-refractivity contribution in [2.24, 2.45) is 5.92 Å². The number of fused-ring (bicyclic) bond motifs is 4. The topological polar surface area (TPSA) is 36.4 Å². The average Bonchev–Trinajstić information content (AvgIpc) is 2.98. The van der Waals surface area contributed by atoms with Gasteiger partial charge >= 0.3 is 0 Å². The minimum Gasteiger partial charge on any atom is -0.338 e. The normalized spacial score (nSPS) is 22.6. The summed E-state index contributed by atoms with van der Waals surface area (Å²) in [5, 5.41) is 0. The molecule has 27 heavy (non-hydrogen) atoms. The first kappa shape index (κ1) is 18.1. The number of aryl methyl sites for hydroxylation is 1. The zero-order valence-corrected chi connectivity index (χ0v) is 15.6. The fourth-order valence-corrected chi connectivity index (χ4v) is 4.45. The minimum absolute atomic E-state index is 0.165. The van der Waals surface area contributed by atoms with Gasteiger partial charge in [-0.2, -0.15) is 0 Å². The van der Waals surface area contributed by atoms with Crippen LogP contribution in [0.5, 0.6) is 0 Å². The quantitative estimate of drug-likeness (QED) is 0.814. The molecule has 1 aromatic carbocycles. The molecule has 4 heterocycles. The van der Waals surface area contributed by atoms with Crippen molar-refractivity contribution in [1.29, 1.82) is 0 Å². The number of hydrogen-bond acceptors (Lipinski definition) is 3. The third-order valence-corrected chi connectivity index (χ3v) is 5.83. The third kappa shape index (κ3) is 4.35. The summed E-state index contributed by atoms with van der Waals surface area (Å²) in [6.45, 7) is 3.71. The van der Waals surface area contributed by atoms with Gasteiger partial charge in [0.25, 0.3) is 0 Å². The van der Waals surface area contributed by atoms with Gasteiger partial charge in [0, 0.05) is 51.0 Å². The third-order valence-electron chi connectivity index (χ3n) is 5.83. The van der Waals surface area contributed by atoms with Gasteiger partial charge in [-0.05, 0) is 54.5 Å². The van der Waals surface area contributed by atoms with E-state index >= 15 is 0 Å². The Balaban J connectivity index is 1.38. The lowest BCUT2D eigenvalue weighted by molar-refractivity contribution is -0.135. The summed E-state index contributed by atoms with van der Waals surface area (Å²) in [4.78, 5) is 21.5. The van der Waals surface area contributed by atoms with Gasteiger partial charge in [-0.3, -0.25) is 14.7 Å². The fraction of sp³-hybridized carbons (Fsp3) is 0.455. The van der Waals surface area contributed by atoms with Crippen LogP contribution in [0.3, 0.4) is 0 Å². The molecule has 0 spiro atoms. The Labute approximate surface area is 160 Å². The molecule has 0 radical (unpaired) electrons. The highest BCUT2D eigenvalue weighted by molar-refractivity contribution is 5.77. The predicted octanol–water partition coefficient (Wildman–Crippen LogP) is 3.28. The monoisotopic (exact) mass is 367 g/mol. The van der Waals surface area contributed by atoms with Crippen molar-refractivity contribution in [2.75, 3.05) is 19.6 Å². The van der Waals surface area contributed by atoms with Gasteiger partial charge in [0.15, 0.2) is 0 Å². The van der Waals surface area contributed by atoms with Gasteiger partial charge in [0.05, 0.1) is 0 Å². The standard InChI is InChI=1S/C22H26FN3O/c23-21-4-2-1-3-19(21)6-8-22(27)26-15-18-5-7-20(26)16-25(14-18)13-17-9-11-24-12-10-17/h1-4,9-12,18,20H,5-8,13-16H2/t18-,20+/m0/s1. The molecule has 142 valence electrons. The molecule has 0 N–H and O–H groups in total. The molecule has 1 amide bonds. The first-order chi connectivity index (χ1) is 13.2. The number of rotatable bonds is 5. The number of benzene rings is 1. The Hall–Kier alpha value is -2.27. The Bertz CT molecular complexity index is 782. The molecule has 3 saturated heterocycles. The Morgan fingerprint density at radius 1 is 1.07 bits per heavy atom. The van der Waals surface area contributed by atoms with E-state index in [4.69, 9.17) is 0 Å². The molecular weight excluding hydrogens is 341 g/mol. The summed E-state index contributed by atoms with van der Waals surface area (Å²) >= 11 is 0. The predicted molar refractivity (Wildman–Crippen MR) is 102 cm³/mol. The molecular formula is C22H26FN3O. The largest absolute Gasteiger partial charge is 0.338 e. The molecule has 0 saturated carbocycles. The van der Waals surface area contributed by atoms with E-state index in [2.05, 4.69) is 26.9 Å². The van der Waals surface area contributed by atoms with Crippen LogP contribution >= 0.6 is 0 Å². The lowest BCUT2D eigenvalue weighted by atomic mass is 9.94. The van der Waals surface area contributed by atoms with Crippen molar-refractivity contribution < 1.29 is 9.18 Å². The second-order valence-corrected chi connectivity index (χ2v) is 7.78. The van der Waals surface area contributed by atoms with Gasteiger partial charge < -0.3 is 4.90 Å². The number of hydrogen-bond donors (Lipinski definition) is 0. The van der Waals surface area contributed by atoms with Crippen LogP contribution in [0.4, 0.5) is 4.39 Å². The van der Waals surface area contributed by atoms with Crippen LogP contribution < -0.4 is 0 Å². The molecule has 0 aliphatic carbocycles. The van der Waals surface area contributed by atoms with Crippen LogP contribution in [0.15, 0.2) is 48.8 Å². The van der Waals surface area contributed by atoms with E-state index in [0.29, 0.717) is 24.3 Å². The Kier molecular flexibility index (Phi) is 5.48. The molecule has 0 unspecified atom stereocenters. The molecule has 2 aromatic rings. The average molecular weight is 367 g/mol. The van der Waals surface area contributed by atoms with Gasteiger partial charge in [-0.25, -0.2) is 4.39 Å². The highest BCUT2D eigenvalue weighted by Crippen LogP contribution is 2.29. The maximum Gasteiger partial charge on any atom is 0.223 e. The van der Waals surface area contributed by atoms with Gasteiger partial charge in [-0.15, -0.1) is 0 Å². The molecule has 3 aliphatic rings. The molecule has 5 heteroatoms. The number of carbonyl (C=O) groups excluding carboxylic acids is 1. The van der Waals surface area contributed by atoms with Gasteiger partial charge in [0.2, 0.25) is 5.91 Å². The number of nitrogens with zero attached hydrogens (tertiary/aromatic N) is 3. The number of amides is 1. The lowest BCUT2D eigenvalue weighted by Crippen LogP contribution is -2.47. The van der Waals surface area contributed by atoms with Crippen molar-refractivity contribution in [2.45, 2.75) is 38.3 Å². The molecule has 3 fully saturated rings. The second-order valence-electron chi connectivity index (χ2n) is 7.78. The first-order valence-electron chi connectivity index (χ1n) is 9.83. The van der Waals surface area contributed by atoms with Crippen LogP contribution in [0.1, 0.15) is 30.4 Å². The zero-order valence-electron chi connectivity index (χ0n) is 15.6. The van der Waals surface area contributed by atoms with Crippen LogP contribution in [0, 0.1) is 11.7 Å². The maximum absolute atomic E-state index is 13.8. The van der Waals surface area contributed by atoms with Crippen molar-refractivity contribution in [3.05, 3.63) is 65.7 Å². The molecule has 4 nitrogen and oxygen atoms in total. The highest BCUT2D eigenvalue weighted by atomic mass is 19.1. The Morgan fingerprint density at radius 2 is 1.89 bits per heavy atom. The fourth-order valence-electron chi connectivity index (χ4n) is 4.45. The van der Waals surface area contributed by atoms with Crippen LogP contribution in [0.25, 0.3) is 0 Å². The van der Waals surface area contributed by atoms with E-state index in [1.165, 1.54) is 18.1 Å². The summed E-state index contributed by atoms with van der Waals surface area (Å²) in [6.07, 6.45) is 6.78. The van der Waals surface area contributed by atoms with Gasteiger partial charge in [0.1, 0.15) is 5.82 Å². The summed E-state index contributed by atoms with van der Waals surface area (Å²) in [5.74, 6) is 0.480. The minimum atomic E-state index is -0.216. The number of piperidine rings is 1. The molecule has 2 atom stereocenters. The van der Waals surface area contributed by atoms with Crippen LogP contribution in [-0.2, 0) is 17.8 Å². The van der Waals surface area contributed by atoms with Crippen molar-refractivity contribution in [3.63, 3.8) is 0 Å². The summed E-state index contributed by atoms with van der Waals surface area (Å²) in [6, 6.07) is 11.1. The number of carbonyl (C=O) groups is 1. The first-order valence-corrected chi connectivity index (χ1v) is 9.83. The van der Waals surface area contributed by atoms with E-state index in [9.17, 15) is 9.18 Å². The Morgan fingerprint density at radius 3 is 2.70 bits per heavy atom. The smallest absolute Gasteiger partial charge is 0.223 e. The zero-order chi connectivity index (χ0) is 18.6. The van der Waals surface area contributed by atoms with E-state index in [-0.39, 0.29) is 17.8 Å². The summed E-state index contributed by atoms with van der Waals surface area (Å²) in [7, 11) is 0. The van der Waals surface area contributed by atoms with Crippen molar-refractivity contribution in [1.82, 2.24) is 14.8 Å². The molecule has 3 aliphatic heterocycles. The lowest BCUT2D eigenvalue weighted by Gasteiger charge is -2.36. The SMILES string of the molecule is O=C(CCc1ccccc1F)N1C[C@H]2CC[C@@H]1CN(Cc1ccncc1)C2. The maximum atomic E-state index is 13.8. The van der Waals surface area contributed by atoms with E-state index in [0.717, 1.165) is 32.6 Å². The van der Waals surface area contributed by atoms with Crippen LogP contribution in [0.2, 0.25) is 0 Å². The summed E-state index contributed by atoms with van der Waals surface area (Å²) < 4.78 is 13.8. The number of halogens is 1. The number of pyridine rings is 1. The summed E-state index contributed by atoms with van der Waals surface area (Å²) in [5.41, 5.74) is 1.90. The number of aromatic nitrogens is 1. The molecule has 2 bridgehead atoms. The van der Waals surface area contributed by atoms with Crippen molar-refractivity contribution >= 4 is 5.91 Å². The van der Waals surface area contributed by atoms with E-state index < -0.39 is 0 Å². The van der Waals surface area contributed by atoms with E-state index in [1.807, 2.05) is 18.5 Å². The van der Waals surface area contributed by atoms with Gasteiger partial charge in [-0.1, -0.05) is 18.2 Å². The molecule has 1 aromatic heterocycles. The molecule has 5 rings (SSSR count). The second kappa shape index (κ2) is 8.17. The van der Waals surface area contributed by atoms with Crippen LogP contribution in [-0.4, -0.2) is 46.4 Å². The highest BCUT2D eigenvalue weighted by Gasteiger charge is 2.36.